The molecule has 0 saturated carbocycles. The van der Waals surface area contributed by atoms with E-state index in [4.69, 9.17) is 9.84 Å². The van der Waals surface area contributed by atoms with Crippen LogP contribution >= 0.6 is 11.8 Å². The van der Waals surface area contributed by atoms with Gasteiger partial charge in [-0.2, -0.15) is 0 Å². The summed E-state index contributed by atoms with van der Waals surface area (Å²) in [5, 5.41) is 9.36. The Morgan fingerprint density at radius 1 is 1.45 bits per heavy atom. The molecule has 1 aromatic carbocycles. The third-order valence-corrected chi connectivity index (χ3v) is 3.51. The van der Waals surface area contributed by atoms with Gasteiger partial charge in [0.1, 0.15) is 16.7 Å². The van der Waals surface area contributed by atoms with E-state index in [2.05, 4.69) is 9.97 Å². The Kier molecular flexibility index (Phi) is 4.86. The smallest absolute Gasteiger partial charge is 0.313 e. The van der Waals surface area contributed by atoms with Crippen LogP contribution in [0.25, 0.3) is 10.9 Å². The molecule has 0 radical (unpaired) electrons. The number of aromatic nitrogens is 2. The lowest BCUT2D eigenvalue weighted by Crippen LogP contribution is -2.05. The molecule has 1 heterocycles. The van der Waals surface area contributed by atoms with Crippen LogP contribution in [0, 0.1) is 5.82 Å². The molecule has 106 valence electrons. The zero-order valence-electron chi connectivity index (χ0n) is 10.8. The Balaban J connectivity index is 2.45. The molecule has 1 aromatic heterocycles. The first-order chi connectivity index (χ1) is 9.61. The highest BCUT2D eigenvalue weighted by atomic mass is 32.2. The first-order valence-electron chi connectivity index (χ1n) is 5.90. The standard InChI is InChI=1S/C13H13FN2O3S/c1-19-6-5-10-15-9-4-2-3-8(14)12(9)13(16-10)20-7-11(17)18/h2-4H,5-7H2,1H3,(H,17,18). The van der Waals surface area contributed by atoms with Gasteiger partial charge in [0.05, 0.1) is 23.3 Å². The fourth-order valence-corrected chi connectivity index (χ4v) is 2.47. The Hall–Kier alpha value is -1.73. The maximum absolute atomic E-state index is 13.9. The van der Waals surface area contributed by atoms with Gasteiger partial charge in [-0.1, -0.05) is 17.8 Å². The summed E-state index contributed by atoms with van der Waals surface area (Å²) in [4.78, 5) is 19.2. The molecule has 0 unspecified atom stereocenters. The van der Waals surface area contributed by atoms with Gasteiger partial charge in [-0.3, -0.25) is 4.79 Å². The molecular formula is C13H13FN2O3S. The number of fused-ring (bicyclic) bond motifs is 1. The fourth-order valence-electron chi connectivity index (χ4n) is 1.69. The summed E-state index contributed by atoms with van der Waals surface area (Å²) >= 11 is 0.988. The zero-order valence-corrected chi connectivity index (χ0v) is 11.6. The number of methoxy groups -OCH3 is 1. The van der Waals surface area contributed by atoms with Crippen molar-refractivity contribution >= 4 is 28.6 Å². The van der Waals surface area contributed by atoms with Crippen LogP contribution in [0.5, 0.6) is 0 Å². The molecule has 20 heavy (non-hydrogen) atoms. The number of thioether (sulfide) groups is 1. The number of carboxylic acids is 1. The SMILES string of the molecule is COCCc1nc(SCC(=O)O)c2c(F)cccc2n1. The van der Waals surface area contributed by atoms with E-state index in [1.807, 2.05) is 0 Å². The average Bonchev–Trinajstić information content (AvgIpc) is 2.42. The predicted octanol–water partition coefficient (Wildman–Crippen LogP) is 2.13. The van der Waals surface area contributed by atoms with Crippen molar-refractivity contribution < 1.29 is 19.0 Å². The summed E-state index contributed by atoms with van der Waals surface area (Å²) in [6.45, 7) is 0.448. The third-order valence-electron chi connectivity index (χ3n) is 2.55. The van der Waals surface area contributed by atoms with Gasteiger partial charge in [-0.05, 0) is 12.1 Å². The molecule has 7 heteroatoms. The lowest BCUT2D eigenvalue weighted by Gasteiger charge is -2.08. The van der Waals surface area contributed by atoms with E-state index in [0.29, 0.717) is 29.4 Å². The number of aliphatic carboxylic acids is 1. The quantitative estimate of drug-likeness (QED) is 0.650. The summed E-state index contributed by atoms with van der Waals surface area (Å²) < 4.78 is 18.9. The minimum Gasteiger partial charge on any atom is -0.481 e. The summed E-state index contributed by atoms with van der Waals surface area (Å²) in [6.07, 6.45) is 0.490. The topological polar surface area (TPSA) is 72.3 Å². The molecule has 1 N–H and O–H groups in total. The minimum atomic E-state index is -0.975. The number of nitrogens with zero attached hydrogens (tertiary/aromatic N) is 2. The van der Waals surface area contributed by atoms with Gasteiger partial charge in [-0.15, -0.1) is 0 Å². The highest BCUT2D eigenvalue weighted by Gasteiger charge is 2.13. The van der Waals surface area contributed by atoms with E-state index in [1.54, 1.807) is 19.2 Å². The van der Waals surface area contributed by atoms with Gasteiger partial charge in [0, 0.05) is 13.5 Å². The molecule has 0 aliphatic carbocycles. The second-order valence-electron chi connectivity index (χ2n) is 4.00. The molecule has 2 rings (SSSR count). The lowest BCUT2D eigenvalue weighted by atomic mass is 10.2. The van der Waals surface area contributed by atoms with Crippen LogP contribution in [-0.2, 0) is 16.0 Å². The highest BCUT2D eigenvalue weighted by molar-refractivity contribution is 8.00. The van der Waals surface area contributed by atoms with E-state index < -0.39 is 11.8 Å². The fraction of sp³-hybridized carbons (Fsp3) is 0.308. The van der Waals surface area contributed by atoms with Crippen molar-refractivity contribution in [3.63, 3.8) is 0 Å². The average molecular weight is 296 g/mol. The maximum Gasteiger partial charge on any atom is 0.313 e. The van der Waals surface area contributed by atoms with Crippen molar-refractivity contribution in [2.24, 2.45) is 0 Å². The van der Waals surface area contributed by atoms with Gasteiger partial charge in [0.2, 0.25) is 0 Å². The van der Waals surface area contributed by atoms with Gasteiger partial charge >= 0.3 is 5.97 Å². The van der Waals surface area contributed by atoms with Crippen molar-refractivity contribution in [1.29, 1.82) is 0 Å². The van der Waals surface area contributed by atoms with Crippen LogP contribution in [0.4, 0.5) is 4.39 Å². The number of carboxylic acid groups (broad SMARTS) is 1. The molecule has 0 fully saturated rings. The third kappa shape index (κ3) is 3.43. The van der Waals surface area contributed by atoms with E-state index in [9.17, 15) is 9.18 Å². The molecule has 0 atom stereocenters. The number of hydrogen-bond acceptors (Lipinski definition) is 5. The van der Waals surface area contributed by atoms with E-state index in [0.717, 1.165) is 11.8 Å². The zero-order chi connectivity index (χ0) is 14.5. The summed E-state index contributed by atoms with van der Waals surface area (Å²) in [7, 11) is 1.57. The molecule has 0 bridgehead atoms. The monoisotopic (exact) mass is 296 g/mol. The molecule has 0 saturated heterocycles. The molecular weight excluding hydrogens is 283 g/mol. The Morgan fingerprint density at radius 2 is 2.25 bits per heavy atom. The molecule has 0 aliphatic rings. The highest BCUT2D eigenvalue weighted by Crippen LogP contribution is 2.27. The van der Waals surface area contributed by atoms with Crippen LogP contribution in [-0.4, -0.2) is 40.5 Å². The summed E-state index contributed by atoms with van der Waals surface area (Å²) in [5.74, 6) is -1.09. The number of halogens is 1. The van der Waals surface area contributed by atoms with Crippen LogP contribution in [0.3, 0.4) is 0 Å². The minimum absolute atomic E-state index is 0.176. The van der Waals surface area contributed by atoms with Crippen molar-refractivity contribution in [2.45, 2.75) is 11.4 Å². The van der Waals surface area contributed by atoms with Crippen molar-refractivity contribution in [3.05, 3.63) is 29.8 Å². The molecule has 0 amide bonds. The van der Waals surface area contributed by atoms with Gasteiger partial charge in [0.25, 0.3) is 0 Å². The van der Waals surface area contributed by atoms with Crippen LogP contribution in [0.1, 0.15) is 5.82 Å². The van der Waals surface area contributed by atoms with Crippen LogP contribution in [0.2, 0.25) is 0 Å². The van der Waals surface area contributed by atoms with E-state index in [-0.39, 0.29) is 11.1 Å². The number of hydrogen-bond donors (Lipinski definition) is 1. The Bertz CT molecular complexity index is 636. The van der Waals surface area contributed by atoms with Crippen molar-refractivity contribution in [1.82, 2.24) is 9.97 Å². The van der Waals surface area contributed by atoms with E-state index in [1.165, 1.54) is 6.07 Å². The first kappa shape index (κ1) is 14.7. The van der Waals surface area contributed by atoms with Crippen LogP contribution < -0.4 is 0 Å². The molecule has 2 aromatic rings. The number of ether oxygens (including phenoxy) is 1. The first-order valence-corrected chi connectivity index (χ1v) is 6.89. The van der Waals surface area contributed by atoms with Crippen molar-refractivity contribution in [3.8, 4) is 0 Å². The van der Waals surface area contributed by atoms with Crippen molar-refractivity contribution in [2.75, 3.05) is 19.5 Å². The summed E-state index contributed by atoms with van der Waals surface area (Å²) in [6, 6.07) is 4.56. The molecule has 5 nitrogen and oxygen atoms in total. The number of carbonyl (C=O) groups is 1. The predicted molar refractivity (Wildman–Crippen MR) is 73.4 cm³/mol. The lowest BCUT2D eigenvalue weighted by molar-refractivity contribution is -0.133. The largest absolute Gasteiger partial charge is 0.481 e. The maximum atomic E-state index is 13.9. The van der Waals surface area contributed by atoms with Crippen LogP contribution in [0.15, 0.2) is 23.2 Å². The van der Waals surface area contributed by atoms with Gasteiger partial charge in [0.15, 0.2) is 0 Å². The van der Waals surface area contributed by atoms with E-state index >= 15 is 0 Å². The Labute approximate surface area is 119 Å². The van der Waals surface area contributed by atoms with Gasteiger partial charge < -0.3 is 9.84 Å². The number of benzene rings is 1. The second-order valence-corrected chi connectivity index (χ2v) is 4.97. The van der Waals surface area contributed by atoms with Gasteiger partial charge in [-0.25, -0.2) is 14.4 Å². The summed E-state index contributed by atoms with van der Waals surface area (Å²) in [5.41, 5.74) is 0.471. The Morgan fingerprint density at radius 3 is 2.95 bits per heavy atom. The number of rotatable bonds is 6. The molecule has 0 spiro atoms. The molecule has 0 aliphatic heterocycles. The normalized spacial score (nSPS) is 10.9. The second kappa shape index (κ2) is 6.62.